The summed E-state index contributed by atoms with van der Waals surface area (Å²) in [7, 11) is 0. The summed E-state index contributed by atoms with van der Waals surface area (Å²) in [5, 5.41) is 2.60. The summed E-state index contributed by atoms with van der Waals surface area (Å²) in [6, 6.07) is 6.82. The third-order valence-corrected chi connectivity index (χ3v) is 3.79. The van der Waals surface area contributed by atoms with Crippen LogP contribution < -0.4 is 16.8 Å². The van der Waals surface area contributed by atoms with Crippen molar-refractivity contribution in [3.05, 3.63) is 29.8 Å². The Morgan fingerprint density at radius 3 is 2.55 bits per heavy atom. The molecule has 1 atom stereocenters. The van der Waals surface area contributed by atoms with Gasteiger partial charge in [-0.25, -0.2) is 4.79 Å². The third-order valence-electron chi connectivity index (χ3n) is 3.79. The number of primary amides is 1. The molecule has 1 aromatic carbocycles. The number of carbonyl (C=O) groups is 2. The van der Waals surface area contributed by atoms with Gasteiger partial charge in [-0.1, -0.05) is 12.1 Å². The normalized spacial score (nSPS) is 17.5. The van der Waals surface area contributed by atoms with E-state index in [1.807, 2.05) is 17.0 Å². The molecular formula is C15H23ClN4O2. The topological polar surface area (TPSA) is 101 Å². The van der Waals surface area contributed by atoms with Crippen LogP contribution in [0.3, 0.4) is 0 Å². The highest BCUT2D eigenvalue weighted by Gasteiger charge is 2.26. The summed E-state index contributed by atoms with van der Waals surface area (Å²) in [5.74, 6) is 0.0794. The number of carbonyl (C=O) groups excluding carboxylic acids is 2. The summed E-state index contributed by atoms with van der Waals surface area (Å²) in [5.41, 5.74) is 12.4. The number of hydrogen-bond acceptors (Lipinski definition) is 3. The first-order chi connectivity index (χ1) is 10.1. The summed E-state index contributed by atoms with van der Waals surface area (Å²) < 4.78 is 0. The molecule has 0 radical (unpaired) electrons. The standard InChI is InChI=1S/C15H22N4O2.ClH/c16-12-6-4-11(5-7-12)9-14(20)19-8-2-1-3-13(19)10-18-15(17)21;/h4-7,13H,1-3,8-10,16H2,(H3,17,18,21);1H. The van der Waals surface area contributed by atoms with Crippen molar-refractivity contribution >= 4 is 30.0 Å². The Hall–Kier alpha value is -1.95. The van der Waals surface area contributed by atoms with Crippen molar-refractivity contribution in [3.63, 3.8) is 0 Å². The second-order valence-electron chi connectivity index (χ2n) is 5.40. The molecule has 5 N–H and O–H groups in total. The lowest BCUT2D eigenvalue weighted by molar-refractivity contribution is -0.134. The van der Waals surface area contributed by atoms with Gasteiger partial charge in [-0.2, -0.15) is 0 Å². The average molecular weight is 327 g/mol. The van der Waals surface area contributed by atoms with Gasteiger partial charge in [-0.3, -0.25) is 4.79 Å². The monoisotopic (exact) mass is 326 g/mol. The Balaban J connectivity index is 0.00000242. The Morgan fingerprint density at radius 1 is 1.23 bits per heavy atom. The molecule has 6 nitrogen and oxygen atoms in total. The van der Waals surface area contributed by atoms with Crippen LogP contribution in [0.1, 0.15) is 24.8 Å². The Labute approximate surface area is 136 Å². The van der Waals surface area contributed by atoms with E-state index >= 15 is 0 Å². The molecule has 0 saturated carbocycles. The number of urea groups is 1. The highest BCUT2D eigenvalue weighted by Crippen LogP contribution is 2.18. The molecule has 122 valence electrons. The number of anilines is 1. The molecule has 7 heteroatoms. The van der Waals surface area contributed by atoms with Crippen LogP contribution in [0.25, 0.3) is 0 Å². The molecule has 0 bridgehead atoms. The molecule has 1 aliphatic heterocycles. The number of nitrogens with two attached hydrogens (primary N) is 2. The molecule has 0 aromatic heterocycles. The van der Waals surface area contributed by atoms with E-state index in [0.717, 1.165) is 31.4 Å². The average Bonchev–Trinajstić information content (AvgIpc) is 2.47. The summed E-state index contributed by atoms with van der Waals surface area (Å²) in [4.78, 5) is 25.2. The fraction of sp³-hybridized carbons (Fsp3) is 0.467. The maximum Gasteiger partial charge on any atom is 0.312 e. The minimum absolute atomic E-state index is 0. The predicted octanol–water partition coefficient (Wildman–Crippen LogP) is 1.28. The van der Waals surface area contributed by atoms with Gasteiger partial charge in [0.25, 0.3) is 0 Å². The van der Waals surface area contributed by atoms with Crippen molar-refractivity contribution in [2.45, 2.75) is 31.7 Å². The Morgan fingerprint density at radius 2 is 1.91 bits per heavy atom. The Kier molecular flexibility index (Phi) is 6.98. The van der Waals surface area contributed by atoms with Crippen molar-refractivity contribution in [1.82, 2.24) is 10.2 Å². The number of likely N-dealkylation sites (tertiary alicyclic amines) is 1. The second-order valence-corrected chi connectivity index (χ2v) is 5.40. The fourth-order valence-electron chi connectivity index (χ4n) is 2.67. The summed E-state index contributed by atoms with van der Waals surface area (Å²) >= 11 is 0. The number of benzene rings is 1. The van der Waals surface area contributed by atoms with Gasteiger partial charge in [0.15, 0.2) is 0 Å². The number of amides is 3. The van der Waals surface area contributed by atoms with Crippen LogP contribution in [0, 0.1) is 0 Å². The van der Waals surface area contributed by atoms with Crippen LogP contribution in [0.4, 0.5) is 10.5 Å². The van der Waals surface area contributed by atoms with E-state index in [9.17, 15) is 9.59 Å². The zero-order valence-electron chi connectivity index (χ0n) is 12.5. The van der Waals surface area contributed by atoms with Gasteiger partial charge in [0.05, 0.1) is 6.42 Å². The molecule has 22 heavy (non-hydrogen) atoms. The molecule has 1 aromatic rings. The highest BCUT2D eigenvalue weighted by atomic mass is 35.5. The Bertz CT molecular complexity index is 507. The highest BCUT2D eigenvalue weighted by molar-refractivity contribution is 5.85. The van der Waals surface area contributed by atoms with Gasteiger partial charge in [-0.05, 0) is 37.0 Å². The van der Waals surface area contributed by atoms with Crippen molar-refractivity contribution in [1.29, 1.82) is 0 Å². The van der Waals surface area contributed by atoms with Crippen LogP contribution in [0.2, 0.25) is 0 Å². The third kappa shape index (κ3) is 5.11. The largest absolute Gasteiger partial charge is 0.399 e. The van der Waals surface area contributed by atoms with Crippen molar-refractivity contribution in [2.24, 2.45) is 5.73 Å². The number of hydrogen-bond donors (Lipinski definition) is 3. The van der Waals surface area contributed by atoms with Gasteiger partial charge in [0, 0.05) is 24.8 Å². The molecule has 0 aliphatic carbocycles. The van der Waals surface area contributed by atoms with E-state index in [2.05, 4.69) is 5.32 Å². The lowest BCUT2D eigenvalue weighted by atomic mass is 10.0. The van der Waals surface area contributed by atoms with Gasteiger partial charge in [-0.15, -0.1) is 12.4 Å². The first kappa shape index (κ1) is 18.1. The van der Waals surface area contributed by atoms with Crippen LogP contribution in [0.15, 0.2) is 24.3 Å². The lowest BCUT2D eigenvalue weighted by Crippen LogP contribution is -2.50. The van der Waals surface area contributed by atoms with Crippen LogP contribution in [-0.2, 0) is 11.2 Å². The molecule has 2 rings (SSSR count). The van der Waals surface area contributed by atoms with Gasteiger partial charge < -0.3 is 21.7 Å². The molecule has 1 fully saturated rings. The van der Waals surface area contributed by atoms with Crippen LogP contribution >= 0.6 is 12.4 Å². The number of nitrogens with zero attached hydrogens (tertiary/aromatic N) is 1. The number of halogens is 1. The molecular weight excluding hydrogens is 304 g/mol. The van der Waals surface area contributed by atoms with E-state index in [-0.39, 0.29) is 24.4 Å². The smallest absolute Gasteiger partial charge is 0.312 e. The quantitative estimate of drug-likeness (QED) is 0.726. The number of piperidine rings is 1. The number of nitrogen functional groups attached to an aromatic ring is 1. The van der Waals surface area contributed by atoms with Crippen LogP contribution in [-0.4, -0.2) is 36.0 Å². The maximum absolute atomic E-state index is 12.5. The summed E-state index contributed by atoms with van der Waals surface area (Å²) in [6.07, 6.45) is 3.32. The van der Waals surface area contributed by atoms with Crippen molar-refractivity contribution in [3.8, 4) is 0 Å². The van der Waals surface area contributed by atoms with Crippen molar-refractivity contribution < 1.29 is 9.59 Å². The minimum atomic E-state index is -0.550. The van der Waals surface area contributed by atoms with Gasteiger partial charge >= 0.3 is 6.03 Å². The molecule has 3 amide bonds. The minimum Gasteiger partial charge on any atom is -0.399 e. The second kappa shape index (κ2) is 8.48. The zero-order valence-corrected chi connectivity index (χ0v) is 13.3. The zero-order chi connectivity index (χ0) is 15.2. The lowest BCUT2D eigenvalue weighted by Gasteiger charge is -2.36. The number of nitrogens with one attached hydrogen (secondary N) is 1. The molecule has 1 aliphatic rings. The van der Waals surface area contributed by atoms with E-state index < -0.39 is 6.03 Å². The van der Waals surface area contributed by atoms with E-state index in [1.165, 1.54) is 0 Å². The van der Waals surface area contributed by atoms with E-state index in [4.69, 9.17) is 11.5 Å². The SMILES string of the molecule is Cl.NC(=O)NCC1CCCCN1C(=O)Cc1ccc(N)cc1. The molecule has 1 heterocycles. The molecule has 1 saturated heterocycles. The van der Waals surface area contributed by atoms with E-state index in [1.54, 1.807) is 12.1 Å². The van der Waals surface area contributed by atoms with E-state index in [0.29, 0.717) is 18.7 Å². The first-order valence-corrected chi connectivity index (χ1v) is 7.23. The van der Waals surface area contributed by atoms with Crippen molar-refractivity contribution in [2.75, 3.05) is 18.8 Å². The van der Waals surface area contributed by atoms with Gasteiger partial charge in [0.2, 0.25) is 5.91 Å². The fourth-order valence-corrected chi connectivity index (χ4v) is 2.67. The molecule has 1 unspecified atom stereocenters. The molecule has 0 spiro atoms. The first-order valence-electron chi connectivity index (χ1n) is 7.23. The van der Waals surface area contributed by atoms with Crippen LogP contribution in [0.5, 0.6) is 0 Å². The predicted molar refractivity (Wildman–Crippen MR) is 88.7 cm³/mol. The maximum atomic E-state index is 12.5. The number of rotatable bonds is 4. The van der Waals surface area contributed by atoms with Gasteiger partial charge in [0.1, 0.15) is 0 Å². The summed E-state index contributed by atoms with van der Waals surface area (Å²) in [6.45, 7) is 1.15.